The first kappa shape index (κ1) is 27.8. The molecule has 1 aliphatic rings. The molecule has 1 amide bonds. The van der Waals surface area contributed by atoms with Crippen molar-refractivity contribution in [1.82, 2.24) is 4.90 Å². The zero-order chi connectivity index (χ0) is 25.2. The standard InChI is InChI=1S/C23H32Cl3NO5Si/c1-15(2)31-20(28)13-19-18-9-8-17(32-33(6,7)22(3,4)5)12-16(18)10-11-27(19)21(29)30-14-23(24,25)26/h8-12,15,19H,13-14H2,1-7H3/t19-/m1/s1. The Kier molecular flexibility index (Phi) is 8.82. The molecule has 33 heavy (non-hydrogen) atoms. The number of carbonyl (C=O) groups is 2. The van der Waals surface area contributed by atoms with Crippen molar-refractivity contribution in [3.8, 4) is 5.75 Å². The predicted octanol–water partition coefficient (Wildman–Crippen LogP) is 7.25. The SMILES string of the molecule is CC(C)OC(=O)C[C@@H]1c2ccc(O[Si](C)(C)C(C)(C)C)cc2C=CN1C(=O)OCC(Cl)(Cl)Cl. The third kappa shape index (κ3) is 7.81. The molecule has 0 bridgehead atoms. The van der Waals surface area contributed by atoms with Crippen molar-refractivity contribution >= 4 is 61.3 Å². The number of hydrogen-bond acceptors (Lipinski definition) is 5. The van der Waals surface area contributed by atoms with Gasteiger partial charge in [0.1, 0.15) is 12.4 Å². The van der Waals surface area contributed by atoms with Crippen LogP contribution in [0.4, 0.5) is 4.79 Å². The van der Waals surface area contributed by atoms with Gasteiger partial charge in [-0.1, -0.05) is 61.6 Å². The largest absolute Gasteiger partial charge is 0.543 e. The summed E-state index contributed by atoms with van der Waals surface area (Å²) in [6, 6.07) is 5.02. The van der Waals surface area contributed by atoms with Crippen LogP contribution in [-0.4, -0.2) is 41.8 Å². The highest BCUT2D eigenvalue weighted by Gasteiger charge is 2.39. The van der Waals surface area contributed by atoms with E-state index in [1.165, 1.54) is 4.90 Å². The number of ether oxygens (including phenoxy) is 2. The van der Waals surface area contributed by atoms with Crippen LogP contribution < -0.4 is 4.43 Å². The smallest absolute Gasteiger partial charge is 0.414 e. The molecular weight excluding hydrogens is 505 g/mol. The van der Waals surface area contributed by atoms with Gasteiger partial charge in [-0.2, -0.15) is 0 Å². The number of fused-ring (bicyclic) bond motifs is 1. The van der Waals surface area contributed by atoms with Gasteiger partial charge in [0.2, 0.25) is 12.1 Å². The Hall–Kier alpha value is -1.41. The summed E-state index contributed by atoms with van der Waals surface area (Å²) in [6.07, 6.45) is 2.27. The quantitative estimate of drug-likeness (QED) is 0.218. The number of amides is 1. The van der Waals surface area contributed by atoms with Gasteiger partial charge in [0.25, 0.3) is 0 Å². The highest BCUT2D eigenvalue weighted by molar-refractivity contribution is 6.74. The van der Waals surface area contributed by atoms with Gasteiger partial charge in [-0.15, -0.1) is 0 Å². The summed E-state index contributed by atoms with van der Waals surface area (Å²) in [5.74, 6) is 0.317. The third-order valence-corrected chi connectivity index (χ3v) is 10.3. The van der Waals surface area contributed by atoms with Crippen LogP contribution in [0.15, 0.2) is 24.4 Å². The zero-order valence-corrected chi connectivity index (χ0v) is 23.3. The first-order valence-corrected chi connectivity index (χ1v) is 14.8. The Morgan fingerprint density at radius 2 is 1.79 bits per heavy atom. The van der Waals surface area contributed by atoms with Gasteiger partial charge < -0.3 is 13.9 Å². The molecule has 0 fully saturated rings. The fourth-order valence-electron chi connectivity index (χ4n) is 3.01. The molecule has 6 nitrogen and oxygen atoms in total. The Morgan fingerprint density at radius 3 is 2.33 bits per heavy atom. The lowest BCUT2D eigenvalue weighted by Crippen LogP contribution is -2.43. The van der Waals surface area contributed by atoms with E-state index in [-0.39, 0.29) is 17.6 Å². The minimum atomic E-state index is -2.03. The summed E-state index contributed by atoms with van der Waals surface area (Å²) in [5, 5.41) is 0.0465. The second-order valence-corrected chi connectivity index (χ2v) is 17.0. The van der Waals surface area contributed by atoms with Crippen molar-refractivity contribution < 1.29 is 23.5 Å². The van der Waals surface area contributed by atoms with Crippen molar-refractivity contribution in [1.29, 1.82) is 0 Å². The summed E-state index contributed by atoms with van der Waals surface area (Å²) in [7, 11) is -2.03. The predicted molar refractivity (Wildman–Crippen MR) is 135 cm³/mol. The number of carbonyl (C=O) groups excluding carboxylic acids is 2. The van der Waals surface area contributed by atoms with E-state index in [0.29, 0.717) is 0 Å². The number of esters is 1. The van der Waals surface area contributed by atoms with Gasteiger partial charge in [0, 0.05) is 6.20 Å². The second-order valence-electron chi connectivity index (χ2n) is 9.80. The molecule has 1 atom stereocenters. The molecule has 0 saturated carbocycles. The summed E-state index contributed by atoms with van der Waals surface area (Å²) >= 11 is 17.1. The van der Waals surface area contributed by atoms with Crippen LogP contribution in [0.2, 0.25) is 18.1 Å². The number of benzene rings is 1. The molecular formula is C23H32Cl3NO5Si. The molecule has 0 radical (unpaired) electrons. The molecule has 184 valence electrons. The lowest BCUT2D eigenvalue weighted by atomic mass is 9.94. The van der Waals surface area contributed by atoms with Crippen LogP contribution in [-0.2, 0) is 14.3 Å². The lowest BCUT2D eigenvalue weighted by Gasteiger charge is -2.37. The number of halogens is 3. The molecule has 2 rings (SSSR count). The Labute approximate surface area is 212 Å². The topological polar surface area (TPSA) is 65.1 Å². The van der Waals surface area contributed by atoms with Gasteiger partial charge in [-0.25, -0.2) is 4.79 Å². The molecule has 0 aliphatic carbocycles. The molecule has 0 unspecified atom stereocenters. The highest BCUT2D eigenvalue weighted by atomic mass is 35.6. The maximum atomic E-state index is 12.7. The van der Waals surface area contributed by atoms with Gasteiger partial charge in [0.15, 0.2) is 0 Å². The molecule has 1 heterocycles. The van der Waals surface area contributed by atoms with Crippen molar-refractivity contribution in [2.24, 2.45) is 0 Å². The van der Waals surface area contributed by atoms with Crippen LogP contribution in [0.25, 0.3) is 6.08 Å². The Morgan fingerprint density at radius 1 is 1.15 bits per heavy atom. The van der Waals surface area contributed by atoms with E-state index in [1.54, 1.807) is 26.1 Å². The van der Waals surface area contributed by atoms with E-state index in [1.807, 2.05) is 18.2 Å². The Bertz CT molecular complexity index is 906. The van der Waals surface area contributed by atoms with Gasteiger partial charge >= 0.3 is 12.1 Å². The van der Waals surface area contributed by atoms with Gasteiger partial charge in [0.05, 0.1) is 18.6 Å². The van der Waals surface area contributed by atoms with E-state index >= 15 is 0 Å². The van der Waals surface area contributed by atoms with Gasteiger partial charge in [-0.3, -0.25) is 9.69 Å². The second kappa shape index (κ2) is 10.5. The summed E-state index contributed by atoms with van der Waals surface area (Å²) in [5.41, 5.74) is 1.62. The van der Waals surface area contributed by atoms with Crippen LogP contribution in [0.5, 0.6) is 5.75 Å². The molecule has 0 saturated heterocycles. The van der Waals surface area contributed by atoms with E-state index < -0.39 is 36.8 Å². The minimum Gasteiger partial charge on any atom is -0.543 e. The zero-order valence-electron chi connectivity index (χ0n) is 20.1. The lowest BCUT2D eigenvalue weighted by molar-refractivity contribution is -0.148. The number of rotatable bonds is 6. The molecule has 0 aromatic heterocycles. The molecule has 1 aromatic carbocycles. The fourth-order valence-corrected chi connectivity index (χ4v) is 4.20. The fraction of sp³-hybridized carbons (Fsp3) is 0.565. The summed E-state index contributed by atoms with van der Waals surface area (Å²) in [4.78, 5) is 26.5. The van der Waals surface area contributed by atoms with Crippen LogP contribution in [0.3, 0.4) is 0 Å². The Balaban J connectivity index is 2.35. The van der Waals surface area contributed by atoms with Crippen molar-refractivity contribution in [2.75, 3.05) is 6.61 Å². The number of nitrogens with zero attached hydrogens (tertiary/aromatic N) is 1. The van der Waals surface area contributed by atoms with Crippen molar-refractivity contribution in [3.63, 3.8) is 0 Å². The van der Waals surface area contributed by atoms with E-state index in [2.05, 4.69) is 33.9 Å². The van der Waals surface area contributed by atoms with Crippen LogP contribution >= 0.6 is 34.8 Å². The first-order chi connectivity index (χ1) is 15.0. The van der Waals surface area contributed by atoms with E-state index in [9.17, 15) is 9.59 Å². The first-order valence-electron chi connectivity index (χ1n) is 10.7. The van der Waals surface area contributed by atoms with Crippen molar-refractivity contribution in [2.45, 2.75) is 75.1 Å². The summed E-state index contributed by atoms with van der Waals surface area (Å²) in [6.45, 7) is 14.0. The van der Waals surface area contributed by atoms with Crippen LogP contribution in [0.1, 0.15) is 58.2 Å². The maximum Gasteiger partial charge on any atom is 0.414 e. The molecule has 1 aliphatic heterocycles. The van der Waals surface area contributed by atoms with E-state index in [4.69, 9.17) is 48.7 Å². The highest BCUT2D eigenvalue weighted by Crippen LogP contribution is 2.40. The average Bonchev–Trinajstić information content (AvgIpc) is 2.63. The van der Waals surface area contributed by atoms with Crippen molar-refractivity contribution in [3.05, 3.63) is 35.5 Å². The molecule has 1 aromatic rings. The number of alkyl halides is 3. The average molecular weight is 537 g/mol. The monoisotopic (exact) mass is 535 g/mol. The van der Waals surface area contributed by atoms with E-state index in [0.717, 1.165) is 16.9 Å². The number of hydrogen-bond donors (Lipinski definition) is 0. The summed E-state index contributed by atoms with van der Waals surface area (Å²) < 4.78 is 15.1. The minimum absolute atomic E-state index is 0.0465. The molecule has 10 heteroatoms. The molecule has 0 N–H and O–H groups in total. The van der Waals surface area contributed by atoms with Gasteiger partial charge in [-0.05, 0) is 61.3 Å². The maximum absolute atomic E-state index is 12.7. The normalized spacial score (nSPS) is 16.5. The molecule has 0 spiro atoms. The third-order valence-electron chi connectivity index (χ3n) is 5.64. The van der Waals surface area contributed by atoms with Crippen LogP contribution in [0, 0.1) is 0 Å².